The lowest BCUT2D eigenvalue weighted by atomic mass is 10.1. The highest BCUT2D eigenvalue weighted by atomic mass is 15.2. The summed E-state index contributed by atoms with van der Waals surface area (Å²) in [5.41, 5.74) is 1.17. The summed E-state index contributed by atoms with van der Waals surface area (Å²) in [4.78, 5) is 7.12. The molecule has 0 bridgehead atoms. The average Bonchev–Trinajstić information content (AvgIpc) is 2.75. The predicted molar refractivity (Wildman–Crippen MR) is 82.0 cm³/mol. The van der Waals surface area contributed by atoms with E-state index in [1.807, 2.05) is 13.2 Å². The zero-order chi connectivity index (χ0) is 13.1. The Hall–Kier alpha value is -1.77. The Labute approximate surface area is 114 Å². The van der Waals surface area contributed by atoms with E-state index in [4.69, 9.17) is 0 Å². The largest absolute Gasteiger partial charge is 0.388 e. The number of rotatable bonds is 2. The molecule has 1 aromatic heterocycles. The first-order valence-corrected chi connectivity index (χ1v) is 7.20. The van der Waals surface area contributed by atoms with E-state index >= 15 is 0 Å². The average molecular weight is 255 g/mol. The van der Waals surface area contributed by atoms with Crippen LogP contribution in [0.3, 0.4) is 0 Å². The van der Waals surface area contributed by atoms with Crippen LogP contribution in [-0.2, 0) is 0 Å². The van der Waals surface area contributed by atoms with Crippen LogP contribution >= 0.6 is 0 Å². The summed E-state index contributed by atoms with van der Waals surface area (Å²) >= 11 is 0. The molecule has 0 spiro atoms. The smallest absolute Gasteiger partial charge is 0.138 e. The summed E-state index contributed by atoms with van der Waals surface area (Å²) in [6.45, 7) is 2.26. The Morgan fingerprint density at radius 3 is 2.58 bits per heavy atom. The first kappa shape index (κ1) is 12.3. The van der Waals surface area contributed by atoms with Crippen LogP contribution in [0.4, 0.5) is 11.5 Å². The standard InChI is InChI=1S/C16H21N3/c1-17-14-8-6-7-13-9-10-18-16(15(13)14)19-11-4-2-3-5-12-19/h6-10,17H,2-5,11-12H2,1H3. The molecule has 1 fully saturated rings. The molecule has 0 amide bonds. The van der Waals surface area contributed by atoms with Gasteiger partial charge in [0.25, 0.3) is 0 Å². The molecule has 3 rings (SSSR count). The topological polar surface area (TPSA) is 28.2 Å². The molecule has 1 aromatic carbocycles. The van der Waals surface area contributed by atoms with Gasteiger partial charge in [-0.3, -0.25) is 0 Å². The lowest BCUT2D eigenvalue weighted by Crippen LogP contribution is -2.25. The first-order chi connectivity index (χ1) is 9.40. The zero-order valence-corrected chi connectivity index (χ0v) is 11.5. The number of fused-ring (bicyclic) bond motifs is 1. The number of nitrogens with one attached hydrogen (secondary N) is 1. The Balaban J connectivity index is 2.11. The number of hydrogen-bond acceptors (Lipinski definition) is 3. The molecule has 0 aliphatic carbocycles. The van der Waals surface area contributed by atoms with Crippen molar-refractivity contribution in [3.8, 4) is 0 Å². The third kappa shape index (κ3) is 2.37. The van der Waals surface area contributed by atoms with Crippen LogP contribution in [0, 0.1) is 0 Å². The molecule has 1 saturated heterocycles. The molecule has 0 radical (unpaired) electrons. The van der Waals surface area contributed by atoms with Crippen molar-refractivity contribution in [1.29, 1.82) is 0 Å². The van der Waals surface area contributed by atoms with Crippen LogP contribution in [0.25, 0.3) is 10.8 Å². The van der Waals surface area contributed by atoms with Gasteiger partial charge in [-0.25, -0.2) is 4.98 Å². The van der Waals surface area contributed by atoms with Crippen molar-refractivity contribution in [2.75, 3.05) is 30.4 Å². The SMILES string of the molecule is CNc1cccc2ccnc(N3CCCCCC3)c12. The van der Waals surface area contributed by atoms with Gasteiger partial charge in [0.05, 0.1) is 0 Å². The molecule has 1 aliphatic heterocycles. The van der Waals surface area contributed by atoms with Gasteiger partial charge in [-0.15, -0.1) is 0 Å². The van der Waals surface area contributed by atoms with Crippen LogP contribution in [0.1, 0.15) is 25.7 Å². The van der Waals surface area contributed by atoms with Crippen LogP contribution < -0.4 is 10.2 Å². The zero-order valence-electron chi connectivity index (χ0n) is 11.5. The minimum absolute atomic E-state index is 1.13. The van der Waals surface area contributed by atoms with E-state index in [9.17, 15) is 0 Å². The maximum Gasteiger partial charge on any atom is 0.138 e. The van der Waals surface area contributed by atoms with Crippen LogP contribution in [0.15, 0.2) is 30.5 Å². The molecule has 0 unspecified atom stereocenters. The van der Waals surface area contributed by atoms with E-state index in [0.29, 0.717) is 0 Å². The highest BCUT2D eigenvalue weighted by Crippen LogP contribution is 2.32. The van der Waals surface area contributed by atoms with E-state index in [1.165, 1.54) is 42.1 Å². The second kappa shape index (κ2) is 5.47. The van der Waals surface area contributed by atoms with Crippen molar-refractivity contribution in [3.63, 3.8) is 0 Å². The van der Waals surface area contributed by atoms with Gasteiger partial charge < -0.3 is 10.2 Å². The third-order valence-corrected chi connectivity index (χ3v) is 3.95. The molecule has 2 aromatic rings. The predicted octanol–water partition coefficient (Wildman–Crippen LogP) is 3.66. The fraction of sp³-hybridized carbons (Fsp3) is 0.438. The number of aromatic nitrogens is 1. The summed E-state index contributed by atoms with van der Waals surface area (Å²) in [6.07, 6.45) is 7.18. The second-order valence-electron chi connectivity index (χ2n) is 5.19. The number of benzene rings is 1. The first-order valence-electron chi connectivity index (χ1n) is 7.20. The monoisotopic (exact) mass is 255 g/mol. The summed E-state index contributed by atoms with van der Waals surface area (Å²) in [7, 11) is 1.98. The highest BCUT2D eigenvalue weighted by Gasteiger charge is 2.15. The van der Waals surface area contributed by atoms with Crippen LogP contribution in [0.5, 0.6) is 0 Å². The maximum atomic E-state index is 4.67. The van der Waals surface area contributed by atoms with Gasteiger partial charge in [0.15, 0.2) is 0 Å². The van der Waals surface area contributed by atoms with E-state index in [0.717, 1.165) is 18.9 Å². The third-order valence-electron chi connectivity index (χ3n) is 3.95. The molecule has 100 valence electrons. The summed E-state index contributed by atoms with van der Waals surface area (Å²) in [5.74, 6) is 1.14. The number of nitrogens with zero attached hydrogens (tertiary/aromatic N) is 2. The molecular formula is C16H21N3. The van der Waals surface area contributed by atoms with Crippen molar-refractivity contribution in [2.45, 2.75) is 25.7 Å². The molecule has 2 heterocycles. The Morgan fingerprint density at radius 2 is 1.84 bits per heavy atom. The molecule has 1 N–H and O–H groups in total. The number of pyridine rings is 1. The van der Waals surface area contributed by atoms with E-state index in [2.05, 4.69) is 39.5 Å². The van der Waals surface area contributed by atoms with Gasteiger partial charge in [0.1, 0.15) is 5.82 Å². The Kier molecular flexibility index (Phi) is 3.53. The summed E-state index contributed by atoms with van der Waals surface area (Å²) in [6, 6.07) is 8.49. The van der Waals surface area contributed by atoms with Crippen molar-refractivity contribution >= 4 is 22.3 Å². The molecular weight excluding hydrogens is 234 g/mol. The van der Waals surface area contributed by atoms with Gasteiger partial charge in [-0.2, -0.15) is 0 Å². The molecule has 3 heteroatoms. The van der Waals surface area contributed by atoms with Crippen molar-refractivity contribution in [2.24, 2.45) is 0 Å². The quantitative estimate of drug-likeness (QED) is 0.887. The molecule has 19 heavy (non-hydrogen) atoms. The molecule has 0 saturated carbocycles. The van der Waals surface area contributed by atoms with Gasteiger partial charge >= 0.3 is 0 Å². The number of anilines is 2. The fourth-order valence-electron chi connectivity index (χ4n) is 2.94. The van der Waals surface area contributed by atoms with E-state index in [1.54, 1.807) is 0 Å². The highest BCUT2D eigenvalue weighted by molar-refractivity contribution is 6.01. The Morgan fingerprint density at radius 1 is 1.05 bits per heavy atom. The summed E-state index contributed by atoms with van der Waals surface area (Å²) in [5, 5.41) is 5.82. The van der Waals surface area contributed by atoms with Gasteiger partial charge in [0.2, 0.25) is 0 Å². The van der Waals surface area contributed by atoms with Crippen molar-refractivity contribution < 1.29 is 0 Å². The normalized spacial score (nSPS) is 16.4. The van der Waals surface area contributed by atoms with Crippen LogP contribution in [0.2, 0.25) is 0 Å². The fourth-order valence-corrected chi connectivity index (χ4v) is 2.94. The Bertz CT molecular complexity index is 552. The minimum atomic E-state index is 1.13. The lowest BCUT2D eigenvalue weighted by Gasteiger charge is -2.24. The van der Waals surface area contributed by atoms with Crippen molar-refractivity contribution in [1.82, 2.24) is 4.98 Å². The summed E-state index contributed by atoms with van der Waals surface area (Å²) < 4.78 is 0. The van der Waals surface area contributed by atoms with Gasteiger partial charge in [0, 0.05) is 37.4 Å². The maximum absolute atomic E-state index is 4.67. The molecule has 0 atom stereocenters. The molecule has 1 aliphatic rings. The van der Waals surface area contributed by atoms with Crippen molar-refractivity contribution in [3.05, 3.63) is 30.5 Å². The van der Waals surface area contributed by atoms with E-state index in [-0.39, 0.29) is 0 Å². The molecule has 3 nitrogen and oxygen atoms in total. The number of hydrogen-bond donors (Lipinski definition) is 1. The van der Waals surface area contributed by atoms with Gasteiger partial charge in [-0.1, -0.05) is 25.0 Å². The van der Waals surface area contributed by atoms with Crippen LogP contribution in [-0.4, -0.2) is 25.1 Å². The second-order valence-corrected chi connectivity index (χ2v) is 5.19. The van der Waals surface area contributed by atoms with Gasteiger partial charge in [-0.05, 0) is 30.4 Å². The van der Waals surface area contributed by atoms with E-state index < -0.39 is 0 Å². The lowest BCUT2D eigenvalue weighted by molar-refractivity contribution is 0.726. The minimum Gasteiger partial charge on any atom is -0.388 e.